The molecular formula is C31H39N3O4S. The van der Waals surface area contributed by atoms with Crippen molar-refractivity contribution in [1.82, 2.24) is 10.2 Å². The van der Waals surface area contributed by atoms with E-state index in [4.69, 9.17) is 0 Å². The van der Waals surface area contributed by atoms with Gasteiger partial charge in [0, 0.05) is 13.1 Å². The van der Waals surface area contributed by atoms with Crippen LogP contribution in [-0.4, -0.2) is 44.3 Å². The maximum Gasteiger partial charge on any atom is 0.264 e. The molecule has 3 rings (SSSR count). The fourth-order valence-corrected chi connectivity index (χ4v) is 5.97. The number of sulfonamides is 1. The van der Waals surface area contributed by atoms with Gasteiger partial charge in [0.2, 0.25) is 11.8 Å². The van der Waals surface area contributed by atoms with Crippen LogP contribution in [0, 0.1) is 20.8 Å². The van der Waals surface area contributed by atoms with Crippen molar-refractivity contribution in [2.45, 2.75) is 64.9 Å². The molecule has 2 amide bonds. The van der Waals surface area contributed by atoms with Crippen molar-refractivity contribution in [3.63, 3.8) is 0 Å². The highest BCUT2D eigenvalue weighted by Gasteiger charge is 2.34. The second-order valence-corrected chi connectivity index (χ2v) is 11.6. The number of anilines is 1. The first-order valence-corrected chi connectivity index (χ1v) is 14.8. The zero-order valence-electron chi connectivity index (χ0n) is 23.5. The second kappa shape index (κ2) is 13.4. The smallest absolute Gasteiger partial charge is 0.264 e. The van der Waals surface area contributed by atoms with E-state index in [1.54, 1.807) is 24.3 Å². The van der Waals surface area contributed by atoms with E-state index in [0.29, 0.717) is 18.7 Å². The van der Waals surface area contributed by atoms with E-state index in [-0.39, 0.29) is 17.3 Å². The SMILES string of the molecule is CCCNC(=O)C(CC)N(Cc1ccccc1C)C(=O)CN(c1cc(C)ccc1C)S(=O)(=O)c1ccccc1. The van der Waals surface area contributed by atoms with Crippen LogP contribution in [0.25, 0.3) is 0 Å². The van der Waals surface area contributed by atoms with Crippen LogP contribution in [0.2, 0.25) is 0 Å². The van der Waals surface area contributed by atoms with Crippen molar-refractivity contribution >= 4 is 27.5 Å². The van der Waals surface area contributed by atoms with Crippen LogP contribution in [0.3, 0.4) is 0 Å². The number of nitrogens with one attached hydrogen (secondary N) is 1. The van der Waals surface area contributed by atoms with Gasteiger partial charge in [-0.05, 0) is 74.1 Å². The summed E-state index contributed by atoms with van der Waals surface area (Å²) in [5.74, 6) is -0.692. The number of carbonyl (C=O) groups is 2. The summed E-state index contributed by atoms with van der Waals surface area (Å²) in [6.07, 6.45) is 1.16. The summed E-state index contributed by atoms with van der Waals surface area (Å²) < 4.78 is 29.1. The normalized spacial score (nSPS) is 12.0. The van der Waals surface area contributed by atoms with Gasteiger partial charge in [0.25, 0.3) is 10.0 Å². The van der Waals surface area contributed by atoms with Crippen molar-refractivity contribution in [2.24, 2.45) is 0 Å². The highest BCUT2D eigenvalue weighted by Crippen LogP contribution is 2.28. The van der Waals surface area contributed by atoms with Crippen LogP contribution in [0.15, 0.2) is 77.7 Å². The van der Waals surface area contributed by atoms with E-state index in [1.165, 1.54) is 21.3 Å². The van der Waals surface area contributed by atoms with Gasteiger partial charge in [0.05, 0.1) is 10.6 Å². The molecule has 0 saturated carbocycles. The van der Waals surface area contributed by atoms with Crippen molar-refractivity contribution in [3.8, 4) is 0 Å². The third-order valence-electron chi connectivity index (χ3n) is 6.78. The Hall–Kier alpha value is -3.65. The van der Waals surface area contributed by atoms with Gasteiger partial charge >= 0.3 is 0 Å². The molecule has 1 unspecified atom stereocenters. The van der Waals surface area contributed by atoms with Gasteiger partial charge in [0.1, 0.15) is 12.6 Å². The Balaban J connectivity index is 2.09. The Kier molecular flexibility index (Phi) is 10.3. The molecule has 0 heterocycles. The molecule has 3 aromatic carbocycles. The van der Waals surface area contributed by atoms with E-state index in [9.17, 15) is 18.0 Å². The number of carbonyl (C=O) groups excluding carboxylic acids is 2. The van der Waals surface area contributed by atoms with Crippen LogP contribution in [-0.2, 0) is 26.2 Å². The standard InChI is InChI=1S/C31H39N3O4S/c1-6-19-32-31(36)28(7-2)33(21-26-14-12-11-13-24(26)4)30(35)22-34(29-20-23(3)17-18-25(29)5)39(37,38)27-15-9-8-10-16-27/h8-18,20,28H,6-7,19,21-22H2,1-5H3,(H,32,36). The number of hydrogen-bond acceptors (Lipinski definition) is 4. The first-order valence-electron chi connectivity index (χ1n) is 13.4. The van der Waals surface area contributed by atoms with Gasteiger partial charge in [-0.1, -0.05) is 68.4 Å². The summed E-state index contributed by atoms with van der Waals surface area (Å²) >= 11 is 0. The molecule has 7 nitrogen and oxygen atoms in total. The number of aryl methyl sites for hydroxylation is 3. The van der Waals surface area contributed by atoms with Crippen LogP contribution in [0.4, 0.5) is 5.69 Å². The Labute approximate surface area is 232 Å². The summed E-state index contributed by atoms with van der Waals surface area (Å²) in [5.41, 5.74) is 3.93. The van der Waals surface area contributed by atoms with E-state index < -0.39 is 28.5 Å². The molecule has 0 aliphatic heterocycles. The molecule has 1 atom stereocenters. The lowest BCUT2D eigenvalue weighted by Gasteiger charge is -2.34. The molecule has 208 valence electrons. The Morgan fingerprint density at radius 1 is 0.872 bits per heavy atom. The largest absolute Gasteiger partial charge is 0.354 e. The van der Waals surface area contributed by atoms with Gasteiger partial charge in [-0.2, -0.15) is 0 Å². The van der Waals surface area contributed by atoms with Crippen LogP contribution < -0.4 is 9.62 Å². The van der Waals surface area contributed by atoms with Crippen molar-refractivity contribution < 1.29 is 18.0 Å². The van der Waals surface area contributed by atoms with Crippen molar-refractivity contribution in [3.05, 3.63) is 95.1 Å². The van der Waals surface area contributed by atoms with Crippen molar-refractivity contribution in [1.29, 1.82) is 0 Å². The molecule has 0 aliphatic carbocycles. The molecule has 0 radical (unpaired) electrons. The lowest BCUT2D eigenvalue weighted by molar-refractivity contribution is -0.140. The number of benzene rings is 3. The molecule has 1 N–H and O–H groups in total. The summed E-state index contributed by atoms with van der Waals surface area (Å²) in [6, 6.07) is 20.6. The third kappa shape index (κ3) is 7.26. The zero-order chi connectivity index (χ0) is 28.6. The monoisotopic (exact) mass is 549 g/mol. The molecule has 0 aromatic heterocycles. The molecule has 8 heteroatoms. The minimum atomic E-state index is -4.08. The summed E-state index contributed by atoms with van der Waals surface area (Å²) in [7, 11) is -4.08. The van der Waals surface area contributed by atoms with Crippen LogP contribution in [0.5, 0.6) is 0 Å². The lowest BCUT2D eigenvalue weighted by atomic mass is 10.1. The molecule has 0 spiro atoms. The molecular weight excluding hydrogens is 510 g/mol. The third-order valence-corrected chi connectivity index (χ3v) is 8.55. The highest BCUT2D eigenvalue weighted by atomic mass is 32.2. The topological polar surface area (TPSA) is 86.8 Å². The molecule has 0 aliphatic rings. The van der Waals surface area contributed by atoms with Gasteiger partial charge in [-0.25, -0.2) is 8.42 Å². The first kappa shape index (κ1) is 29.9. The van der Waals surface area contributed by atoms with E-state index >= 15 is 0 Å². The average molecular weight is 550 g/mol. The van der Waals surface area contributed by atoms with Gasteiger partial charge in [-0.15, -0.1) is 0 Å². The highest BCUT2D eigenvalue weighted by molar-refractivity contribution is 7.92. The number of amides is 2. The average Bonchev–Trinajstić information content (AvgIpc) is 2.93. The molecule has 39 heavy (non-hydrogen) atoms. The minimum absolute atomic E-state index is 0.0943. The van der Waals surface area contributed by atoms with E-state index in [0.717, 1.165) is 28.7 Å². The Bertz CT molecular complexity index is 1390. The quantitative estimate of drug-likeness (QED) is 0.339. The van der Waals surface area contributed by atoms with E-state index in [2.05, 4.69) is 5.32 Å². The van der Waals surface area contributed by atoms with Gasteiger partial charge in [-0.3, -0.25) is 13.9 Å². The Morgan fingerprint density at radius 2 is 1.54 bits per heavy atom. The van der Waals surface area contributed by atoms with E-state index in [1.807, 2.05) is 71.0 Å². The number of nitrogens with zero attached hydrogens (tertiary/aromatic N) is 2. The maximum atomic E-state index is 14.1. The Morgan fingerprint density at radius 3 is 2.18 bits per heavy atom. The molecule has 0 fully saturated rings. The lowest BCUT2D eigenvalue weighted by Crippen LogP contribution is -2.52. The van der Waals surface area contributed by atoms with Crippen LogP contribution in [0.1, 0.15) is 48.9 Å². The first-order chi connectivity index (χ1) is 18.6. The fourth-order valence-electron chi connectivity index (χ4n) is 4.48. The van der Waals surface area contributed by atoms with Crippen molar-refractivity contribution in [2.75, 3.05) is 17.4 Å². The zero-order valence-corrected chi connectivity index (χ0v) is 24.3. The molecule has 0 bridgehead atoms. The summed E-state index contributed by atoms with van der Waals surface area (Å²) in [5, 5.41) is 2.91. The summed E-state index contributed by atoms with van der Waals surface area (Å²) in [4.78, 5) is 28.9. The van der Waals surface area contributed by atoms with Crippen LogP contribution >= 0.6 is 0 Å². The predicted molar refractivity (Wildman–Crippen MR) is 156 cm³/mol. The number of rotatable bonds is 12. The summed E-state index contributed by atoms with van der Waals surface area (Å²) in [6.45, 7) is 9.74. The maximum absolute atomic E-state index is 14.1. The second-order valence-electron chi connectivity index (χ2n) is 9.78. The molecule has 3 aromatic rings. The minimum Gasteiger partial charge on any atom is -0.354 e. The van der Waals surface area contributed by atoms with Gasteiger partial charge in [0.15, 0.2) is 0 Å². The van der Waals surface area contributed by atoms with Gasteiger partial charge < -0.3 is 10.2 Å². The predicted octanol–water partition coefficient (Wildman–Crippen LogP) is 5.14. The fraction of sp³-hybridized carbons (Fsp3) is 0.355. The molecule has 0 saturated heterocycles. The number of hydrogen-bond donors (Lipinski definition) is 1.